The van der Waals surface area contributed by atoms with Crippen LogP contribution in [0.1, 0.15) is 31.7 Å². The van der Waals surface area contributed by atoms with Gasteiger partial charge in [-0.05, 0) is 18.9 Å². The lowest BCUT2D eigenvalue weighted by molar-refractivity contribution is -0.137. The molecule has 0 bridgehead atoms. The van der Waals surface area contributed by atoms with Gasteiger partial charge in [0.2, 0.25) is 11.8 Å². The third-order valence-corrected chi connectivity index (χ3v) is 3.20. The standard InChI is InChI=1S/C14H19ClF3N3O2.ClH/c1-2-4-11(19)12(22)20-5-3-6-23-13-10(15)7-9(8-21-13)14(16,17)18;/h7-8,11H,2-6,19H2,1H3,(H,20,22);1H. The number of nitrogens with one attached hydrogen (secondary N) is 1. The Morgan fingerprint density at radius 1 is 1.50 bits per heavy atom. The summed E-state index contributed by atoms with van der Waals surface area (Å²) < 4.78 is 42.6. The lowest BCUT2D eigenvalue weighted by Gasteiger charge is -2.12. The first kappa shape index (κ1) is 22.8. The van der Waals surface area contributed by atoms with Crippen LogP contribution in [0.5, 0.6) is 5.88 Å². The number of nitrogens with zero attached hydrogens (tertiary/aromatic N) is 1. The summed E-state index contributed by atoms with van der Waals surface area (Å²) in [4.78, 5) is 15.1. The number of halogens is 5. The van der Waals surface area contributed by atoms with Gasteiger partial charge < -0.3 is 15.8 Å². The van der Waals surface area contributed by atoms with Crippen molar-refractivity contribution in [1.29, 1.82) is 0 Å². The number of alkyl halides is 3. The summed E-state index contributed by atoms with van der Waals surface area (Å²) in [6.07, 6.45) is -1.98. The quantitative estimate of drug-likeness (QED) is 0.669. The normalized spacial score (nSPS) is 12.2. The maximum atomic E-state index is 12.5. The van der Waals surface area contributed by atoms with E-state index in [9.17, 15) is 18.0 Å². The Balaban J connectivity index is 0.00000529. The Morgan fingerprint density at radius 2 is 2.17 bits per heavy atom. The van der Waals surface area contributed by atoms with Crippen LogP contribution in [-0.4, -0.2) is 30.1 Å². The van der Waals surface area contributed by atoms with E-state index in [0.717, 1.165) is 12.5 Å². The van der Waals surface area contributed by atoms with Crippen molar-refractivity contribution in [2.24, 2.45) is 5.73 Å². The van der Waals surface area contributed by atoms with Crippen molar-refractivity contribution in [3.8, 4) is 5.88 Å². The molecule has 0 saturated carbocycles. The molecule has 0 saturated heterocycles. The number of nitrogens with two attached hydrogens (primary N) is 1. The van der Waals surface area contributed by atoms with E-state index in [2.05, 4.69) is 10.3 Å². The number of amides is 1. The molecule has 0 fully saturated rings. The van der Waals surface area contributed by atoms with Gasteiger partial charge in [0.1, 0.15) is 5.02 Å². The molecule has 0 aliphatic rings. The number of hydrogen-bond donors (Lipinski definition) is 2. The average molecular weight is 390 g/mol. The Bertz CT molecular complexity index is 530. The number of hydrogen-bond acceptors (Lipinski definition) is 4. The number of pyridine rings is 1. The molecule has 1 unspecified atom stereocenters. The zero-order chi connectivity index (χ0) is 17.5. The third-order valence-electron chi connectivity index (χ3n) is 2.93. The summed E-state index contributed by atoms with van der Waals surface area (Å²) in [6.45, 7) is 2.43. The number of rotatable bonds is 8. The Hall–Kier alpha value is -1.25. The molecular formula is C14H20Cl2F3N3O2. The van der Waals surface area contributed by atoms with Gasteiger partial charge in [-0.25, -0.2) is 4.98 Å². The van der Waals surface area contributed by atoms with Crippen LogP contribution < -0.4 is 15.8 Å². The molecule has 0 radical (unpaired) electrons. The van der Waals surface area contributed by atoms with Gasteiger partial charge in [-0.3, -0.25) is 4.79 Å². The predicted octanol–water partition coefficient (Wildman–Crippen LogP) is 3.19. The summed E-state index contributed by atoms with van der Waals surface area (Å²) in [5.41, 5.74) is 4.70. The topological polar surface area (TPSA) is 77.2 Å². The molecule has 5 nitrogen and oxygen atoms in total. The second kappa shape index (κ2) is 10.6. The maximum absolute atomic E-state index is 12.5. The first-order chi connectivity index (χ1) is 10.8. The van der Waals surface area contributed by atoms with Crippen molar-refractivity contribution >= 4 is 29.9 Å². The molecule has 0 aliphatic carbocycles. The van der Waals surface area contributed by atoms with E-state index in [1.807, 2.05) is 6.92 Å². The second-order valence-electron chi connectivity index (χ2n) is 4.90. The average Bonchev–Trinajstić information content (AvgIpc) is 2.47. The van der Waals surface area contributed by atoms with Crippen LogP contribution in [0.15, 0.2) is 12.3 Å². The Morgan fingerprint density at radius 3 is 2.71 bits per heavy atom. The fourth-order valence-electron chi connectivity index (χ4n) is 1.71. The number of ether oxygens (including phenoxy) is 1. The summed E-state index contributed by atoms with van der Waals surface area (Å²) in [5.74, 6) is -0.314. The second-order valence-corrected chi connectivity index (χ2v) is 5.30. The van der Waals surface area contributed by atoms with Crippen molar-refractivity contribution < 1.29 is 22.7 Å². The first-order valence-electron chi connectivity index (χ1n) is 7.14. The van der Waals surface area contributed by atoms with Crippen LogP contribution in [0.25, 0.3) is 0 Å². The van der Waals surface area contributed by atoms with Crippen molar-refractivity contribution in [2.45, 2.75) is 38.4 Å². The number of aromatic nitrogens is 1. The maximum Gasteiger partial charge on any atom is 0.417 e. The largest absolute Gasteiger partial charge is 0.477 e. The molecule has 3 N–H and O–H groups in total. The van der Waals surface area contributed by atoms with E-state index < -0.39 is 17.8 Å². The number of carbonyl (C=O) groups excluding carboxylic acids is 1. The van der Waals surface area contributed by atoms with Gasteiger partial charge in [-0.2, -0.15) is 13.2 Å². The fourth-order valence-corrected chi connectivity index (χ4v) is 1.93. The van der Waals surface area contributed by atoms with Gasteiger partial charge in [0, 0.05) is 12.7 Å². The van der Waals surface area contributed by atoms with Crippen LogP contribution in [0.2, 0.25) is 5.02 Å². The highest BCUT2D eigenvalue weighted by molar-refractivity contribution is 6.31. The van der Waals surface area contributed by atoms with Crippen molar-refractivity contribution in [2.75, 3.05) is 13.2 Å². The summed E-state index contributed by atoms with van der Waals surface area (Å²) in [7, 11) is 0. The molecule has 10 heteroatoms. The minimum atomic E-state index is -4.50. The molecule has 0 aliphatic heterocycles. The summed E-state index contributed by atoms with van der Waals surface area (Å²) >= 11 is 5.70. The van der Waals surface area contributed by atoms with E-state index in [1.54, 1.807) is 0 Å². The molecule has 24 heavy (non-hydrogen) atoms. The molecule has 0 spiro atoms. The van der Waals surface area contributed by atoms with Crippen LogP contribution in [-0.2, 0) is 11.0 Å². The smallest absolute Gasteiger partial charge is 0.417 e. The minimum Gasteiger partial charge on any atom is -0.477 e. The molecule has 1 aromatic rings. The molecule has 1 amide bonds. The zero-order valence-electron chi connectivity index (χ0n) is 13.0. The van der Waals surface area contributed by atoms with Gasteiger partial charge in [0.05, 0.1) is 18.2 Å². The lowest BCUT2D eigenvalue weighted by Crippen LogP contribution is -2.41. The van der Waals surface area contributed by atoms with Gasteiger partial charge >= 0.3 is 6.18 Å². The van der Waals surface area contributed by atoms with Crippen molar-refractivity contribution in [3.05, 3.63) is 22.8 Å². The van der Waals surface area contributed by atoms with E-state index in [-0.39, 0.29) is 35.8 Å². The highest BCUT2D eigenvalue weighted by Crippen LogP contribution is 2.33. The first-order valence-corrected chi connectivity index (χ1v) is 7.52. The predicted molar refractivity (Wildman–Crippen MR) is 87.5 cm³/mol. The van der Waals surface area contributed by atoms with Gasteiger partial charge in [0.15, 0.2) is 0 Å². The Kier molecular flexibility index (Phi) is 10.0. The van der Waals surface area contributed by atoms with Crippen LogP contribution >= 0.6 is 24.0 Å². The van der Waals surface area contributed by atoms with E-state index in [4.69, 9.17) is 22.1 Å². The molecule has 1 heterocycles. The highest BCUT2D eigenvalue weighted by Gasteiger charge is 2.31. The molecule has 1 rings (SSSR count). The SMILES string of the molecule is CCCC(N)C(=O)NCCCOc1ncc(C(F)(F)F)cc1Cl.Cl. The zero-order valence-corrected chi connectivity index (χ0v) is 14.6. The van der Waals surface area contributed by atoms with Crippen molar-refractivity contribution in [3.63, 3.8) is 0 Å². The van der Waals surface area contributed by atoms with E-state index in [0.29, 0.717) is 25.6 Å². The van der Waals surface area contributed by atoms with E-state index >= 15 is 0 Å². The molecule has 1 aromatic heterocycles. The van der Waals surface area contributed by atoms with Gasteiger partial charge in [-0.1, -0.05) is 24.9 Å². The summed E-state index contributed by atoms with van der Waals surface area (Å²) in [6, 6.07) is 0.224. The monoisotopic (exact) mass is 389 g/mol. The molecule has 0 aromatic carbocycles. The van der Waals surface area contributed by atoms with E-state index in [1.165, 1.54) is 0 Å². The lowest BCUT2D eigenvalue weighted by atomic mass is 10.2. The van der Waals surface area contributed by atoms with Crippen molar-refractivity contribution in [1.82, 2.24) is 10.3 Å². The third kappa shape index (κ3) is 7.55. The van der Waals surface area contributed by atoms with Crippen LogP contribution in [0.4, 0.5) is 13.2 Å². The summed E-state index contributed by atoms with van der Waals surface area (Å²) in [5, 5.41) is 2.44. The minimum absolute atomic E-state index is 0. The molecule has 1 atom stereocenters. The molecule has 138 valence electrons. The Labute approximate surface area is 149 Å². The van der Waals surface area contributed by atoms with Gasteiger partial charge in [-0.15, -0.1) is 12.4 Å². The van der Waals surface area contributed by atoms with Gasteiger partial charge in [0.25, 0.3) is 0 Å². The highest BCUT2D eigenvalue weighted by atomic mass is 35.5. The number of carbonyl (C=O) groups is 1. The van der Waals surface area contributed by atoms with Crippen LogP contribution in [0.3, 0.4) is 0 Å². The fraction of sp³-hybridized carbons (Fsp3) is 0.571. The molecular weight excluding hydrogens is 370 g/mol. The van der Waals surface area contributed by atoms with Crippen LogP contribution in [0, 0.1) is 0 Å².